The van der Waals surface area contributed by atoms with Crippen LogP contribution in [0.15, 0.2) is 29.3 Å². The summed E-state index contributed by atoms with van der Waals surface area (Å²) in [6.07, 6.45) is 5.53. The number of nitrogens with one attached hydrogen (secondary N) is 1. The lowest BCUT2D eigenvalue weighted by molar-refractivity contribution is 0.151. The Labute approximate surface area is 156 Å². The average molecular weight is 429 g/mol. The molecule has 0 unspecified atom stereocenters. The second-order valence-electron chi connectivity index (χ2n) is 6.51. The third-order valence-corrected chi connectivity index (χ3v) is 5.08. The molecule has 1 N–H and O–H groups in total. The zero-order valence-electron chi connectivity index (χ0n) is 14.2. The van der Waals surface area contributed by atoms with Crippen molar-refractivity contribution >= 4 is 29.9 Å². The average Bonchev–Trinajstić information content (AvgIpc) is 2.97. The lowest BCUT2D eigenvalue weighted by atomic mass is 9.68. The first kappa shape index (κ1) is 18.4. The summed E-state index contributed by atoms with van der Waals surface area (Å²) in [7, 11) is 1.72. The zero-order chi connectivity index (χ0) is 15.4. The van der Waals surface area contributed by atoms with E-state index in [-0.39, 0.29) is 24.0 Å². The molecule has 0 aromatic heterocycles. The topological polar surface area (TPSA) is 36.9 Å². The normalized spacial score (nSPS) is 19.2. The molecule has 0 bridgehead atoms. The van der Waals surface area contributed by atoms with Crippen molar-refractivity contribution in [2.45, 2.75) is 39.2 Å². The molecule has 1 aliphatic carbocycles. The van der Waals surface area contributed by atoms with Crippen molar-refractivity contribution < 1.29 is 4.74 Å². The number of hydrogen-bond donors (Lipinski definition) is 1. The fourth-order valence-corrected chi connectivity index (χ4v) is 3.62. The highest BCUT2D eigenvalue weighted by Gasteiger charge is 2.43. The number of aliphatic imine (C=N–C) groups is 1. The van der Waals surface area contributed by atoms with E-state index in [1.807, 2.05) is 18.2 Å². The predicted octanol–water partition coefficient (Wildman–Crippen LogP) is 3.65. The van der Waals surface area contributed by atoms with Crippen LogP contribution in [0.4, 0.5) is 0 Å². The van der Waals surface area contributed by atoms with Gasteiger partial charge in [-0.15, -0.1) is 24.0 Å². The van der Waals surface area contributed by atoms with Gasteiger partial charge in [0, 0.05) is 25.2 Å². The van der Waals surface area contributed by atoms with Crippen LogP contribution in [-0.4, -0.2) is 37.6 Å². The number of rotatable bonds is 4. The predicted molar refractivity (Wildman–Crippen MR) is 106 cm³/mol. The molecular formula is C18H28IN3O. The van der Waals surface area contributed by atoms with Crippen molar-refractivity contribution in [2.75, 3.05) is 26.7 Å². The van der Waals surface area contributed by atoms with Crippen LogP contribution in [0.25, 0.3) is 0 Å². The lowest BCUT2D eigenvalue weighted by Crippen LogP contribution is -2.42. The molecule has 1 heterocycles. The molecule has 0 radical (unpaired) electrons. The van der Waals surface area contributed by atoms with Crippen molar-refractivity contribution in [1.82, 2.24) is 10.2 Å². The van der Waals surface area contributed by atoms with Gasteiger partial charge in [0.05, 0.1) is 13.7 Å². The summed E-state index contributed by atoms with van der Waals surface area (Å²) in [5.74, 6) is 1.97. The molecule has 3 rings (SSSR count). The number of guanidine groups is 1. The first-order valence-corrected chi connectivity index (χ1v) is 8.41. The quantitative estimate of drug-likeness (QED) is 0.451. The smallest absolute Gasteiger partial charge is 0.194 e. The van der Waals surface area contributed by atoms with Gasteiger partial charge in [0.2, 0.25) is 0 Å². The number of methoxy groups -OCH3 is 1. The van der Waals surface area contributed by atoms with E-state index in [1.54, 1.807) is 7.11 Å². The molecule has 1 saturated carbocycles. The Balaban J connectivity index is 0.00000192. The molecule has 1 aromatic carbocycles. The standard InChI is InChI=1S/C18H27N3O.HI/c1-3-19-17(21-12-11-18(14-21)9-6-10-18)20-13-15-7-4-5-8-16(15)22-2;/h4-5,7-8H,3,6,9-14H2,1-2H3,(H,19,20);1H. The Bertz CT molecular complexity index is 543. The highest BCUT2D eigenvalue weighted by atomic mass is 127. The van der Waals surface area contributed by atoms with Crippen molar-refractivity contribution in [1.29, 1.82) is 0 Å². The molecule has 5 heteroatoms. The molecule has 1 saturated heterocycles. The molecule has 1 aromatic rings. The number of hydrogen-bond acceptors (Lipinski definition) is 2. The van der Waals surface area contributed by atoms with Gasteiger partial charge in [-0.2, -0.15) is 0 Å². The minimum atomic E-state index is 0. The molecule has 0 atom stereocenters. The number of ether oxygens (including phenoxy) is 1. The highest BCUT2D eigenvalue weighted by Crippen LogP contribution is 2.47. The number of benzene rings is 1. The van der Waals surface area contributed by atoms with Gasteiger partial charge >= 0.3 is 0 Å². The summed E-state index contributed by atoms with van der Waals surface area (Å²) in [6.45, 7) is 6.01. The molecule has 128 valence electrons. The van der Waals surface area contributed by atoms with Gasteiger partial charge in [0.25, 0.3) is 0 Å². The van der Waals surface area contributed by atoms with Crippen LogP contribution in [0.1, 0.15) is 38.2 Å². The molecule has 2 fully saturated rings. The summed E-state index contributed by atoms with van der Waals surface area (Å²) in [6, 6.07) is 8.12. The summed E-state index contributed by atoms with van der Waals surface area (Å²) in [4.78, 5) is 7.29. The maximum absolute atomic E-state index is 5.42. The van der Waals surface area contributed by atoms with Gasteiger partial charge in [0.1, 0.15) is 5.75 Å². The van der Waals surface area contributed by atoms with Gasteiger partial charge in [-0.05, 0) is 37.7 Å². The van der Waals surface area contributed by atoms with Crippen LogP contribution in [0.5, 0.6) is 5.75 Å². The zero-order valence-corrected chi connectivity index (χ0v) is 16.5. The third kappa shape index (κ3) is 4.11. The second kappa shape index (κ2) is 8.22. The molecule has 1 aliphatic heterocycles. The van der Waals surface area contributed by atoms with Gasteiger partial charge in [0.15, 0.2) is 5.96 Å². The highest BCUT2D eigenvalue weighted by molar-refractivity contribution is 14.0. The Morgan fingerprint density at radius 3 is 2.70 bits per heavy atom. The molecule has 1 spiro atoms. The summed E-state index contributed by atoms with van der Waals surface area (Å²) in [5, 5.41) is 3.45. The maximum atomic E-state index is 5.42. The van der Waals surface area contributed by atoms with Crippen LogP contribution in [0.3, 0.4) is 0 Å². The van der Waals surface area contributed by atoms with Gasteiger partial charge in [-0.3, -0.25) is 0 Å². The lowest BCUT2D eigenvalue weighted by Gasteiger charge is -2.38. The number of nitrogens with zero attached hydrogens (tertiary/aromatic N) is 2. The van der Waals surface area contributed by atoms with E-state index < -0.39 is 0 Å². The van der Waals surface area contributed by atoms with Crippen LogP contribution in [0.2, 0.25) is 0 Å². The largest absolute Gasteiger partial charge is 0.496 e. The van der Waals surface area contributed by atoms with Crippen LogP contribution in [0, 0.1) is 5.41 Å². The second-order valence-corrected chi connectivity index (χ2v) is 6.51. The number of likely N-dealkylation sites (tertiary alicyclic amines) is 1. The Morgan fingerprint density at radius 1 is 1.30 bits per heavy atom. The van der Waals surface area contributed by atoms with E-state index in [1.165, 1.54) is 32.2 Å². The van der Waals surface area contributed by atoms with Gasteiger partial charge in [-0.25, -0.2) is 4.99 Å². The van der Waals surface area contributed by atoms with Crippen molar-refractivity contribution in [3.05, 3.63) is 29.8 Å². The number of para-hydroxylation sites is 1. The SMILES string of the molecule is CCNC(=NCc1ccccc1OC)N1CCC2(CCC2)C1.I. The number of halogens is 1. The third-order valence-electron chi connectivity index (χ3n) is 5.08. The molecule has 2 aliphatic rings. The minimum absolute atomic E-state index is 0. The van der Waals surface area contributed by atoms with Crippen molar-refractivity contribution in [3.8, 4) is 5.75 Å². The molecule has 0 amide bonds. The van der Waals surface area contributed by atoms with E-state index in [0.717, 1.165) is 30.4 Å². The Hall–Kier alpha value is -0.980. The van der Waals surface area contributed by atoms with Crippen molar-refractivity contribution in [3.63, 3.8) is 0 Å². The maximum Gasteiger partial charge on any atom is 0.194 e. The van der Waals surface area contributed by atoms with E-state index in [2.05, 4.69) is 23.2 Å². The van der Waals surface area contributed by atoms with Crippen LogP contribution in [-0.2, 0) is 6.54 Å². The summed E-state index contributed by atoms with van der Waals surface area (Å²) in [5.41, 5.74) is 1.73. The van der Waals surface area contributed by atoms with Gasteiger partial charge in [-0.1, -0.05) is 24.6 Å². The van der Waals surface area contributed by atoms with Gasteiger partial charge < -0.3 is 15.0 Å². The summed E-state index contributed by atoms with van der Waals surface area (Å²) >= 11 is 0. The fraction of sp³-hybridized carbons (Fsp3) is 0.611. The first-order chi connectivity index (χ1) is 10.8. The molecular weight excluding hydrogens is 401 g/mol. The van der Waals surface area contributed by atoms with Crippen LogP contribution >= 0.6 is 24.0 Å². The molecule has 23 heavy (non-hydrogen) atoms. The summed E-state index contributed by atoms with van der Waals surface area (Å²) < 4.78 is 5.42. The van der Waals surface area contributed by atoms with E-state index in [0.29, 0.717) is 12.0 Å². The first-order valence-electron chi connectivity index (χ1n) is 8.41. The van der Waals surface area contributed by atoms with Crippen molar-refractivity contribution in [2.24, 2.45) is 10.4 Å². The van der Waals surface area contributed by atoms with E-state index >= 15 is 0 Å². The fourth-order valence-electron chi connectivity index (χ4n) is 3.62. The van der Waals surface area contributed by atoms with E-state index in [9.17, 15) is 0 Å². The molecule has 4 nitrogen and oxygen atoms in total. The Morgan fingerprint density at radius 2 is 2.09 bits per heavy atom. The van der Waals surface area contributed by atoms with E-state index in [4.69, 9.17) is 9.73 Å². The Kier molecular flexibility index (Phi) is 6.56. The van der Waals surface area contributed by atoms with Crippen LogP contribution < -0.4 is 10.1 Å². The monoisotopic (exact) mass is 429 g/mol. The minimum Gasteiger partial charge on any atom is -0.496 e.